The number of aromatic hydroxyl groups is 1. The topological polar surface area (TPSA) is 71.0 Å². The third-order valence-corrected chi connectivity index (χ3v) is 3.92. The van der Waals surface area contributed by atoms with Gasteiger partial charge >= 0.3 is 0 Å². The Kier molecular flexibility index (Phi) is 5.83. The molecule has 0 bridgehead atoms. The summed E-state index contributed by atoms with van der Waals surface area (Å²) < 4.78 is 0.858. The normalized spacial score (nSPS) is 12.0. The number of phenols is 1. The number of hydrogen-bond donors (Lipinski definition) is 2. The van der Waals surface area contributed by atoms with Gasteiger partial charge in [-0.2, -0.15) is 5.10 Å². The summed E-state index contributed by atoms with van der Waals surface area (Å²) in [5, 5.41) is 17.8. The predicted octanol–water partition coefficient (Wildman–Crippen LogP) is 3.74. The first-order chi connectivity index (χ1) is 10.1. The first-order valence-electron chi connectivity index (χ1n) is 6.17. The molecule has 0 fully saturated rings. The van der Waals surface area contributed by atoms with Crippen LogP contribution in [0.25, 0.3) is 0 Å². The second-order valence-corrected chi connectivity index (χ2v) is 6.07. The first-order valence-corrected chi connectivity index (χ1v) is 7.95. The maximum Gasteiger partial charge on any atom is 0.180 e. The number of benzene rings is 2. The van der Waals surface area contributed by atoms with Gasteiger partial charge in [0.05, 0.1) is 6.21 Å². The van der Waals surface area contributed by atoms with Crippen molar-refractivity contribution in [1.82, 2.24) is 0 Å². The van der Waals surface area contributed by atoms with E-state index in [0.717, 1.165) is 10.2 Å². The quantitative estimate of drug-likeness (QED) is 0.493. The van der Waals surface area contributed by atoms with Gasteiger partial charge in [-0.15, -0.1) is 5.10 Å². The Morgan fingerprint density at radius 1 is 1.24 bits per heavy atom. The molecule has 108 valence electrons. The molecular formula is C15H14BrN3OS. The van der Waals surface area contributed by atoms with Gasteiger partial charge in [0.2, 0.25) is 0 Å². The van der Waals surface area contributed by atoms with Crippen LogP contribution in [-0.2, 0) is 5.75 Å². The third kappa shape index (κ3) is 5.24. The van der Waals surface area contributed by atoms with Gasteiger partial charge in [-0.1, -0.05) is 58.0 Å². The summed E-state index contributed by atoms with van der Waals surface area (Å²) in [7, 11) is 0. The highest BCUT2D eigenvalue weighted by Gasteiger charge is 1.99. The summed E-state index contributed by atoms with van der Waals surface area (Å²) in [4.78, 5) is 0. The highest BCUT2D eigenvalue weighted by Crippen LogP contribution is 2.20. The van der Waals surface area contributed by atoms with Crippen molar-refractivity contribution >= 4 is 39.1 Å². The molecule has 0 unspecified atom stereocenters. The predicted molar refractivity (Wildman–Crippen MR) is 92.8 cm³/mol. The number of nitrogens with zero attached hydrogens (tertiary/aromatic N) is 2. The van der Waals surface area contributed by atoms with E-state index < -0.39 is 0 Å². The molecule has 3 N–H and O–H groups in total. The molecule has 0 saturated carbocycles. The van der Waals surface area contributed by atoms with Gasteiger partial charge in [-0.25, -0.2) is 0 Å². The van der Waals surface area contributed by atoms with Crippen molar-refractivity contribution in [3.63, 3.8) is 0 Å². The van der Waals surface area contributed by atoms with E-state index >= 15 is 0 Å². The molecule has 0 radical (unpaired) electrons. The zero-order valence-corrected chi connectivity index (χ0v) is 13.5. The zero-order chi connectivity index (χ0) is 15.1. The van der Waals surface area contributed by atoms with Crippen molar-refractivity contribution in [1.29, 1.82) is 0 Å². The van der Waals surface area contributed by atoms with Crippen LogP contribution in [0.5, 0.6) is 5.75 Å². The Balaban J connectivity index is 1.93. The van der Waals surface area contributed by atoms with E-state index in [4.69, 9.17) is 5.73 Å². The molecule has 0 aromatic heterocycles. The van der Waals surface area contributed by atoms with E-state index in [2.05, 4.69) is 26.1 Å². The van der Waals surface area contributed by atoms with Crippen molar-refractivity contribution < 1.29 is 5.11 Å². The molecule has 0 atom stereocenters. The number of hydrogen-bond acceptors (Lipinski definition) is 4. The maximum atomic E-state index is 9.66. The summed E-state index contributed by atoms with van der Waals surface area (Å²) in [6, 6.07) is 15.1. The molecule has 4 nitrogen and oxygen atoms in total. The van der Waals surface area contributed by atoms with Gasteiger partial charge < -0.3 is 10.8 Å². The van der Waals surface area contributed by atoms with Gasteiger partial charge in [0.1, 0.15) is 5.75 Å². The Hall–Kier alpha value is -1.79. The fourth-order valence-corrected chi connectivity index (χ4v) is 2.53. The molecule has 0 spiro atoms. The van der Waals surface area contributed by atoms with Crippen LogP contribution >= 0.6 is 27.7 Å². The highest BCUT2D eigenvalue weighted by molar-refractivity contribution is 9.10. The fraction of sp³-hybridized carbons (Fsp3) is 0.0667. The molecule has 2 aromatic carbocycles. The summed E-state index contributed by atoms with van der Waals surface area (Å²) in [5.41, 5.74) is 7.53. The lowest BCUT2D eigenvalue weighted by Crippen LogP contribution is -2.06. The number of phenolic OH excluding ortho intramolecular Hbond substituents is 1. The second-order valence-electron chi connectivity index (χ2n) is 4.16. The van der Waals surface area contributed by atoms with Gasteiger partial charge in [0, 0.05) is 15.8 Å². The van der Waals surface area contributed by atoms with Crippen molar-refractivity contribution in [3.05, 3.63) is 64.1 Å². The molecule has 2 aromatic rings. The minimum absolute atomic E-state index is 0.146. The molecular weight excluding hydrogens is 350 g/mol. The molecule has 0 aliphatic heterocycles. The Labute approximate surface area is 135 Å². The van der Waals surface area contributed by atoms with Crippen LogP contribution in [0.2, 0.25) is 0 Å². The summed E-state index contributed by atoms with van der Waals surface area (Å²) >= 11 is 4.74. The molecule has 21 heavy (non-hydrogen) atoms. The lowest BCUT2D eigenvalue weighted by atomic mass is 10.2. The smallest absolute Gasteiger partial charge is 0.180 e. The standard InChI is InChI=1S/C15H14BrN3OS/c16-13-6-7-14(20)12(8-13)9-18-19-15(17)21-10-11-4-2-1-3-5-11/h1-9,20H,10H2,(H2,17,19). The number of thioether (sulfide) groups is 1. The van der Waals surface area contributed by atoms with Crippen LogP contribution in [0.1, 0.15) is 11.1 Å². The molecule has 0 aliphatic rings. The number of nitrogens with two attached hydrogens (primary N) is 1. The lowest BCUT2D eigenvalue weighted by molar-refractivity contribution is 0.474. The average molecular weight is 364 g/mol. The largest absolute Gasteiger partial charge is 0.507 e. The lowest BCUT2D eigenvalue weighted by Gasteiger charge is -2.00. The summed E-state index contributed by atoms with van der Waals surface area (Å²) in [5.74, 6) is 0.890. The molecule has 6 heteroatoms. The minimum Gasteiger partial charge on any atom is -0.507 e. The Morgan fingerprint density at radius 2 is 2.00 bits per heavy atom. The SMILES string of the molecule is NC(=NN=Cc1cc(Br)ccc1O)SCc1ccccc1. The highest BCUT2D eigenvalue weighted by atomic mass is 79.9. The van der Waals surface area contributed by atoms with Crippen LogP contribution in [0.4, 0.5) is 0 Å². The van der Waals surface area contributed by atoms with Crippen LogP contribution in [0.3, 0.4) is 0 Å². The van der Waals surface area contributed by atoms with Gasteiger partial charge in [0.25, 0.3) is 0 Å². The number of rotatable bonds is 4. The summed E-state index contributed by atoms with van der Waals surface area (Å²) in [6.45, 7) is 0. The van der Waals surface area contributed by atoms with Crippen LogP contribution in [-0.4, -0.2) is 16.5 Å². The summed E-state index contributed by atoms with van der Waals surface area (Å²) in [6.07, 6.45) is 1.47. The second kappa shape index (κ2) is 7.85. The van der Waals surface area contributed by atoms with Crippen molar-refractivity contribution in [2.24, 2.45) is 15.9 Å². The number of amidine groups is 1. The molecule has 0 aliphatic carbocycles. The number of halogens is 1. The average Bonchev–Trinajstić information content (AvgIpc) is 2.50. The van der Waals surface area contributed by atoms with Crippen LogP contribution in [0, 0.1) is 0 Å². The van der Waals surface area contributed by atoms with E-state index in [0.29, 0.717) is 10.7 Å². The monoisotopic (exact) mass is 363 g/mol. The van der Waals surface area contributed by atoms with Gasteiger partial charge in [0.15, 0.2) is 5.17 Å². The van der Waals surface area contributed by atoms with Crippen LogP contribution in [0.15, 0.2) is 63.2 Å². The van der Waals surface area contributed by atoms with Crippen molar-refractivity contribution in [2.75, 3.05) is 0 Å². The molecule has 0 amide bonds. The molecule has 2 rings (SSSR count). The van der Waals surface area contributed by atoms with Gasteiger partial charge in [-0.05, 0) is 23.8 Å². The Bertz CT molecular complexity index is 659. The van der Waals surface area contributed by atoms with E-state index in [9.17, 15) is 5.11 Å². The van der Waals surface area contributed by atoms with Crippen molar-refractivity contribution in [2.45, 2.75) is 5.75 Å². The molecule has 0 saturated heterocycles. The third-order valence-electron chi connectivity index (χ3n) is 2.57. The fourth-order valence-electron chi connectivity index (χ4n) is 1.54. The van der Waals surface area contributed by atoms with E-state index in [1.807, 2.05) is 30.3 Å². The maximum absolute atomic E-state index is 9.66. The minimum atomic E-state index is 0.146. The van der Waals surface area contributed by atoms with Gasteiger partial charge in [-0.3, -0.25) is 0 Å². The van der Waals surface area contributed by atoms with E-state index in [1.54, 1.807) is 18.2 Å². The van der Waals surface area contributed by atoms with Crippen LogP contribution < -0.4 is 5.73 Å². The Morgan fingerprint density at radius 3 is 2.76 bits per heavy atom. The van der Waals surface area contributed by atoms with E-state index in [-0.39, 0.29) is 5.75 Å². The van der Waals surface area contributed by atoms with Crippen molar-refractivity contribution in [3.8, 4) is 5.75 Å². The first kappa shape index (κ1) is 15.6. The van der Waals surface area contributed by atoms with E-state index in [1.165, 1.54) is 23.5 Å². The molecule has 0 heterocycles. The zero-order valence-electron chi connectivity index (χ0n) is 11.1.